The van der Waals surface area contributed by atoms with E-state index in [1.54, 1.807) is 0 Å². The highest BCUT2D eigenvalue weighted by molar-refractivity contribution is 5.62. The van der Waals surface area contributed by atoms with Crippen LogP contribution in [0.1, 0.15) is 5.56 Å². The van der Waals surface area contributed by atoms with Crippen LogP contribution < -0.4 is 9.80 Å². The van der Waals surface area contributed by atoms with Crippen molar-refractivity contribution in [1.29, 1.82) is 0 Å². The molecule has 1 saturated heterocycles. The number of anilines is 2. The van der Waals surface area contributed by atoms with Gasteiger partial charge in [-0.1, -0.05) is 30.3 Å². The highest BCUT2D eigenvalue weighted by atomic mass is 16.5. The maximum atomic E-state index is 5.50. The Morgan fingerprint density at radius 1 is 1.00 bits per heavy atom. The summed E-state index contributed by atoms with van der Waals surface area (Å²) in [5, 5.41) is 0. The number of rotatable bonds is 6. The summed E-state index contributed by atoms with van der Waals surface area (Å²) in [5.74, 6) is 2.66. The lowest BCUT2D eigenvalue weighted by atomic mass is 10.2. The fraction of sp³-hybridized carbons (Fsp3) is 0.318. The molecule has 0 saturated carbocycles. The van der Waals surface area contributed by atoms with Gasteiger partial charge < -0.3 is 14.5 Å². The zero-order chi connectivity index (χ0) is 19.2. The molecule has 1 aliphatic heterocycles. The van der Waals surface area contributed by atoms with Crippen LogP contribution in [0.25, 0.3) is 11.4 Å². The zero-order valence-electron chi connectivity index (χ0n) is 16.2. The first-order valence-electron chi connectivity index (χ1n) is 9.67. The van der Waals surface area contributed by atoms with E-state index in [4.69, 9.17) is 14.7 Å². The van der Waals surface area contributed by atoms with Crippen molar-refractivity contribution in [3.8, 4) is 11.4 Å². The lowest BCUT2D eigenvalue weighted by Crippen LogP contribution is -2.37. The number of morpholine rings is 1. The molecule has 1 fully saturated rings. The number of hydrogen-bond donors (Lipinski definition) is 0. The van der Waals surface area contributed by atoms with Gasteiger partial charge in [0.05, 0.1) is 13.2 Å². The van der Waals surface area contributed by atoms with Crippen LogP contribution in [-0.4, -0.2) is 54.8 Å². The summed E-state index contributed by atoms with van der Waals surface area (Å²) in [7, 11) is 2.08. The molecular weight excluding hydrogens is 350 g/mol. The molecular formula is C22H25N5O. The molecule has 3 aromatic rings. The average molecular weight is 375 g/mol. The van der Waals surface area contributed by atoms with Gasteiger partial charge >= 0.3 is 0 Å². The summed E-state index contributed by atoms with van der Waals surface area (Å²) in [6, 6.07) is 16.4. The molecule has 6 nitrogen and oxygen atoms in total. The van der Waals surface area contributed by atoms with Crippen LogP contribution >= 0.6 is 0 Å². The summed E-state index contributed by atoms with van der Waals surface area (Å²) < 4.78 is 5.50. The molecule has 3 heterocycles. The highest BCUT2D eigenvalue weighted by Gasteiger charge is 2.17. The zero-order valence-corrected chi connectivity index (χ0v) is 16.2. The second-order valence-corrected chi connectivity index (χ2v) is 6.90. The van der Waals surface area contributed by atoms with Crippen molar-refractivity contribution in [2.45, 2.75) is 6.42 Å². The standard InChI is InChI=1S/C22H25N5O/c1-26(12-9-18-7-10-23-11-8-18)20-17-21(27-13-15-28-16-14-27)25-22(24-20)19-5-3-2-4-6-19/h2-8,10-11,17H,9,12-16H2,1H3. The predicted octanol–water partition coefficient (Wildman–Crippen LogP) is 3.05. The van der Waals surface area contributed by atoms with E-state index in [2.05, 4.69) is 52.2 Å². The number of aromatic nitrogens is 3. The van der Waals surface area contributed by atoms with Crippen LogP contribution in [-0.2, 0) is 11.2 Å². The molecule has 0 bridgehead atoms. The summed E-state index contributed by atoms with van der Waals surface area (Å²) in [5.41, 5.74) is 2.30. The van der Waals surface area contributed by atoms with Crippen molar-refractivity contribution in [2.24, 2.45) is 0 Å². The molecule has 0 N–H and O–H groups in total. The molecule has 4 rings (SSSR count). The Balaban J connectivity index is 1.61. The van der Waals surface area contributed by atoms with Gasteiger partial charge in [-0.2, -0.15) is 0 Å². The van der Waals surface area contributed by atoms with Crippen molar-refractivity contribution >= 4 is 11.6 Å². The topological polar surface area (TPSA) is 54.4 Å². The maximum Gasteiger partial charge on any atom is 0.163 e. The predicted molar refractivity (Wildman–Crippen MR) is 112 cm³/mol. The smallest absolute Gasteiger partial charge is 0.163 e. The first-order valence-corrected chi connectivity index (χ1v) is 9.67. The minimum atomic E-state index is 0.734. The Bertz CT molecular complexity index is 882. The van der Waals surface area contributed by atoms with E-state index in [1.165, 1.54) is 5.56 Å². The van der Waals surface area contributed by atoms with Crippen molar-refractivity contribution < 1.29 is 4.74 Å². The lowest BCUT2D eigenvalue weighted by molar-refractivity contribution is 0.122. The second-order valence-electron chi connectivity index (χ2n) is 6.90. The Morgan fingerprint density at radius 2 is 1.75 bits per heavy atom. The van der Waals surface area contributed by atoms with Crippen LogP contribution in [0.2, 0.25) is 0 Å². The van der Waals surface area contributed by atoms with Gasteiger partial charge in [-0.25, -0.2) is 9.97 Å². The Labute approximate surface area is 165 Å². The molecule has 28 heavy (non-hydrogen) atoms. The minimum absolute atomic E-state index is 0.734. The molecule has 0 aliphatic carbocycles. The largest absolute Gasteiger partial charge is 0.378 e. The van der Waals surface area contributed by atoms with E-state index in [0.29, 0.717) is 0 Å². The van der Waals surface area contributed by atoms with Crippen LogP contribution in [0.15, 0.2) is 60.9 Å². The molecule has 6 heteroatoms. The maximum absolute atomic E-state index is 5.50. The number of nitrogens with zero attached hydrogens (tertiary/aromatic N) is 5. The van der Waals surface area contributed by atoms with E-state index in [9.17, 15) is 0 Å². The van der Waals surface area contributed by atoms with Gasteiger partial charge in [0, 0.05) is 50.7 Å². The van der Waals surface area contributed by atoms with Crippen molar-refractivity contribution in [2.75, 3.05) is 49.7 Å². The van der Waals surface area contributed by atoms with Crippen LogP contribution in [0.5, 0.6) is 0 Å². The Morgan fingerprint density at radius 3 is 2.50 bits per heavy atom. The third-order valence-corrected chi connectivity index (χ3v) is 4.94. The fourth-order valence-electron chi connectivity index (χ4n) is 3.25. The van der Waals surface area contributed by atoms with Crippen molar-refractivity contribution in [1.82, 2.24) is 15.0 Å². The number of likely N-dealkylation sites (N-methyl/N-ethyl adjacent to an activating group) is 1. The normalized spacial score (nSPS) is 14.1. The van der Waals surface area contributed by atoms with Gasteiger partial charge in [0.2, 0.25) is 0 Å². The second kappa shape index (κ2) is 8.80. The summed E-state index contributed by atoms with van der Waals surface area (Å²) in [6.45, 7) is 4.05. The van der Waals surface area contributed by atoms with Crippen LogP contribution in [0.4, 0.5) is 11.6 Å². The van der Waals surface area contributed by atoms with Gasteiger partial charge in [-0.3, -0.25) is 4.98 Å². The molecule has 144 valence electrons. The van der Waals surface area contributed by atoms with Crippen LogP contribution in [0.3, 0.4) is 0 Å². The minimum Gasteiger partial charge on any atom is -0.378 e. The number of benzene rings is 1. The Kier molecular flexibility index (Phi) is 5.77. The third kappa shape index (κ3) is 4.46. The third-order valence-electron chi connectivity index (χ3n) is 4.94. The van der Waals surface area contributed by atoms with E-state index in [1.807, 2.05) is 30.6 Å². The van der Waals surface area contributed by atoms with E-state index in [0.717, 1.165) is 62.3 Å². The molecule has 0 radical (unpaired) electrons. The molecule has 0 unspecified atom stereocenters. The first kappa shape index (κ1) is 18.4. The molecule has 2 aromatic heterocycles. The highest BCUT2D eigenvalue weighted by Crippen LogP contribution is 2.24. The summed E-state index contributed by atoms with van der Waals surface area (Å²) >= 11 is 0. The van der Waals surface area contributed by atoms with Gasteiger partial charge in [0.25, 0.3) is 0 Å². The van der Waals surface area contributed by atoms with Crippen molar-refractivity contribution in [3.63, 3.8) is 0 Å². The average Bonchev–Trinajstić information content (AvgIpc) is 2.79. The van der Waals surface area contributed by atoms with Gasteiger partial charge in [-0.05, 0) is 24.1 Å². The number of hydrogen-bond acceptors (Lipinski definition) is 6. The van der Waals surface area contributed by atoms with Gasteiger partial charge in [0.15, 0.2) is 5.82 Å². The van der Waals surface area contributed by atoms with E-state index < -0.39 is 0 Å². The SMILES string of the molecule is CN(CCc1ccncc1)c1cc(N2CCOCC2)nc(-c2ccccc2)n1. The molecule has 0 spiro atoms. The van der Waals surface area contributed by atoms with Gasteiger partial charge in [-0.15, -0.1) is 0 Å². The number of pyridine rings is 1. The fourth-order valence-corrected chi connectivity index (χ4v) is 3.25. The first-order chi connectivity index (χ1) is 13.8. The van der Waals surface area contributed by atoms with E-state index in [-0.39, 0.29) is 0 Å². The summed E-state index contributed by atoms with van der Waals surface area (Å²) in [6.07, 6.45) is 4.62. The van der Waals surface area contributed by atoms with E-state index >= 15 is 0 Å². The Hall–Kier alpha value is -2.99. The summed E-state index contributed by atoms with van der Waals surface area (Å²) in [4.78, 5) is 18.3. The number of ether oxygens (including phenoxy) is 1. The molecule has 1 aromatic carbocycles. The molecule has 0 amide bonds. The monoisotopic (exact) mass is 375 g/mol. The quantitative estimate of drug-likeness (QED) is 0.660. The molecule has 0 atom stereocenters. The van der Waals surface area contributed by atoms with Gasteiger partial charge in [0.1, 0.15) is 11.6 Å². The lowest BCUT2D eigenvalue weighted by Gasteiger charge is -2.29. The van der Waals surface area contributed by atoms with Crippen LogP contribution in [0, 0.1) is 0 Å². The molecule has 1 aliphatic rings. The van der Waals surface area contributed by atoms with Crippen molar-refractivity contribution in [3.05, 3.63) is 66.5 Å².